The number of hydrogen-bond donors (Lipinski definition) is 3. The molecule has 0 aliphatic heterocycles. The molecule has 35 heavy (non-hydrogen) atoms. The summed E-state index contributed by atoms with van der Waals surface area (Å²) in [5.41, 5.74) is -1.36. The highest BCUT2D eigenvalue weighted by molar-refractivity contribution is 7.80. The van der Waals surface area contributed by atoms with Crippen molar-refractivity contribution in [1.82, 2.24) is 0 Å². The number of hydrogen-bond acceptors (Lipinski definition) is 8. The van der Waals surface area contributed by atoms with E-state index >= 15 is 0 Å². The SMILES string of the molecule is CCC(COC(C)(C)CCO)(COC(C)(C)CCOCCCS)COC(C)(C)CCOCCCS. The summed E-state index contributed by atoms with van der Waals surface area (Å²) in [6.07, 6.45) is 4.97. The highest BCUT2D eigenvalue weighted by atomic mass is 32.1. The van der Waals surface area contributed by atoms with Crippen molar-refractivity contribution in [3.8, 4) is 0 Å². The van der Waals surface area contributed by atoms with Gasteiger partial charge in [-0.15, -0.1) is 0 Å². The maximum absolute atomic E-state index is 9.42. The van der Waals surface area contributed by atoms with Crippen LogP contribution in [0.15, 0.2) is 0 Å². The summed E-state index contributed by atoms with van der Waals surface area (Å²) in [7, 11) is 0. The maximum atomic E-state index is 9.42. The van der Waals surface area contributed by atoms with Crippen LogP contribution in [0.5, 0.6) is 0 Å². The van der Waals surface area contributed by atoms with Crippen LogP contribution >= 0.6 is 25.3 Å². The second kappa shape index (κ2) is 18.7. The molecule has 0 aromatic heterocycles. The first-order valence-corrected chi connectivity index (χ1v) is 14.5. The Hall–Kier alpha value is 0.460. The zero-order valence-electron chi connectivity index (χ0n) is 23.7. The Bertz CT molecular complexity index is 484. The predicted molar refractivity (Wildman–Crippen MR) is 152 cm³/mol. The van der Waals surface area contributed by atoms with Gasteiger partial charge in [-0.3, -0.25) is 0 Å². The Morgan fingerprint density at radius 1 is 0.600 bits per heavy atom. The highest BCUT2D eigenvalue weighted by Gasteiger charge is 2.36. The Morgan fingerprint density at radius 3 is 1.29 bits per heavy atom. The highest BCUT2D eigenvalue weighted by Crippen LogP contribution is 2.32. The summed E-state index contributed by atoms with van der Waals surface area (Å²) >= 11 is 8.46. The van der Waals surface area contributed by atoms with Crippen LogP contribution in [0.2, 0.25) is 0 Å². The van der Waals surface area contributed by atoms with Crippen molar-refractivity contribution in [2.24, 2.45) is 5.41 Å². The van der Waals surface area contributed by atoms with Gasteiger partial charge in [0.05, 0.1) is 36.6 Å². The van der Waals surface area contributed by atoms with Crippen LogP contribution in [0.3, 0.4) is 0 Å². The zero-order valence-corrected chi connectivity index (χ0v) is 25.5. The molecule has 0 aromatic rings. The van der Waals surface area contributed by atoms with Gasteiger partial charge < -0.3 is 28.8 Å². The first kappa shape index (κ1) is 35.5. The van der Waals surface area contributed by atoms with E-state index in [4.69, 9.17) is 23.7 Å². The molecule has 0 saturated carbocycles. The van der Waals surface area contributed by atoms with Crippen molar-refractivity contribution in [2.45, 2.75) is 104 Å². The molecule has 0 aliphatic rings. The number of thiol groups is 2. The number of rotatable bonds is 24. The molecule has 212 valence electrons. The fourth-order valence-corrected chi connectivity index (χ4v) is 3.39. The van der Waals surface area contributed by atoms with E-state index in [-0.39, 0.29) is 23.2 Å². The molecule has 0 aliphatic carbocycles. The summed E-state index contributed by atoms with van der Waals surface area (Å²) in [5.74, 6) is 1.67. The number of aliphatic hydroxyl groups excluding tert-OH is 1. The molecule has 6 nitrogen and oxygen atoms in total. The molecule has 0 rings (SSSR count). The molecule has 0 radical (unpaired) electrons. The summed E-state index contributed by atoms with van der Waals surface area (Å²) < 4.78 is 30.7. The second-order valence-corrected chi connectivity index (χ2v) is 12.2. The molecular formula is C27H56O6S2. The lowest BCUT2D eigenvalue weighted by atomic mass is 9.86. The van der Waals surface area contributed by atoms with Crippen molar-refractivity contribution in [3.63, 3.8) is 0 Å². The summed E-state index contributed by atoms with van der Waals surface area (Å²) in [6, 6.07) is 0. The molecule has 0 heterocycles. The normalized spacial score (nSPS) is 13.5. The van der Waals surface area contributed by atoms with Gasteiger partial charge in [0.15, 0.2) is 0 Å². The van der Waals surface area contributed by atoms with Gasteiger partial charge in [-0.25, -0.2) is 0 Å². The van der Waals surface area contributed by atoms with Crippen LogP contribution in [0.4, 0.5) is 0 Å². The molecule has 8 heteroatoms. The molecular weight excluding hydrogens is 484 g/mol. The molecule has 1 N–H and O–H groups in total. The Labute approximate surface area is 227 Å². The van der Waals surface area contributed by atoms with E-state index in [1.54, 1.807) is 0 Å². The topological polar surface area (TPSA) is 66.4 Å². The molecule has 0 amide bonds. The van der Waals surface area contributed by atoms with E-state index in [9.17, 15) is 5.11 Å². The van der Waals surface area contributed by atoms with E-state index in [2.05, 4.69) is 59.9 Å². The number of ether oxygens (including phenoxy) is 5. The van der Waals surface area contributed by atoms with Gasteiger partial charge >= 0.3 is 0 Å². The maximum Gasteiger partial charge on any atom is 0.0648 e. The molecule has 0 spiro atoms. The van der Waals surface area contributed by atoms with E-state index in [0.717, 1.165) is 56.8 Å². The Kier molecular flexibility index (Phi) is 18.9. The summed E-state index contributed by atoms with van der Waals surface area (Å²) in [4.78, 5) is 0. The molecule has 0 unspecified atom stereocenters. The van der Waals surface area contributed by atoms with E-state index in [0.29, 0.717) is 39.5 Å². The third-order valence-electron chi connectivity index (χ3n) is 6.36. The molecule has 0 saturated heterocycles. The van der Waals surface area contributed by atoms with Crippen LogP contribution in [0.25, 0.3) is 0 Å². The van der Waals surface area contributed by atoms with Crippen LogP contribution in [0.1, 0.15) is 87.0 Å². The van der Waals surface area contributed by atoms with Crippen molar-refractivity contribution in [3.05, 3.63) is 0 Å². The van der Waals surface area contributed by atoms with Crippen molar-refractivity contribution in [2.75, 3.05) is 64.4 Å². The van der Waals surface area contributed by atoms with Gasteiger partial charge in [0.25, 0.3) is 0 Å². The van der Waals surface area contributed by atoms with Crippen molar-refractivity contribution < 1.29 is 28.8 Å². The molecule has 0 atom stereocenters. The summed E-state index contributed by atoms with van der Waals surface area (Å²) in [6.45, 7) is 19.1. The van der Waals surface area contributed by atoms with Crippen LogP contribution in [-0.4, -0.2) is 86.3 Å². The Morgan fingerprint density at radius 2 is 0.971 bits per heavy atom. The summed E-state index contributed by atoms with van der Waals surface area (Å²) in [5, 5.41) is 9.42. The lowest BCUT2D eigenvalue weighted by molar-refractivity contribution is -0.164. The third kappa shape index (κ3) is 18.4. The van der Waals surface area contributed by atoms with E-state index in [1.165, 1.54) is 0 Å². The Balaban J connectivity index is 5.13. The van der Waals surface area contributed by atoms with Gasteiger partial charge in [0.2, 0.25) is 0 Å². The molecule has 0 aromatic carbocycles. The number of aliphatic hydroxyl groups is 1. The fraction of sp³-hybridized carbons (Fsp3) is 1.00. The first-order valence-electron chi connectivity index (χ1n) is 13.3. The standard InChI is InChI=1S/C27H56O6S2/c1-8-27(21-31-24(2,3)11-14-28,22-32-25(4,5)12-17-29-15-9-19-34)23-33-26(6,7)13-18-30-16-10-20-35/h28,34-35H,8-23H2,1-7H3. The van der Waals surface area contributed by atoms with Gasteiger partial charge in [-0.05, 0) is 91.6 Å². The zero-order chi connectivity index (χ0) is 26.8. The lowest BCUT2D eigenvalue weighted by Crippen LogP contribution is -2.45. The molecule has 0 bridgehead atoms. The van der Waals surface area contributed by atoms with Crippen LogP contribution in [0, 0.1) is 5.41 Å². The lowest BCUT2D eigenvalue weighted by Gasteiger charge is -2.40. The van der Waals surface area contributed by atoms with Gasteiger partial charge in [0.1, 0.15) is 0 Å². The average Bonchev–Trinajstić information content (AvgIpc) is 2.78. The first-order chi connectivity index (χ1) is 16.4. The second-order valence-electron chi connectivity index (χ2n) is 11.4. The van der Waals surface area contributed by atoms with E-state index < -0.39 is 5.60 Å². The van der Waals surface area contributed by atoms with Crippen LogP contribution in [-0.2, 0) is 23.7 Å². The minimum Gasteiger partial charge on any atom is -0.396 e. The van der Waals surface area contributed by atoms with Gasteiger partial charge in [-0.2, -0.15) is 25.3 Å². The quantitative estimate of drug-likeness (QED) is 0.109. The van der Waals surface area contributed by atoms with E-state index in [1.807, 2.05) is 13.8 Å². The molecule has 0 fully saturated rings. The van der Waals surface area contributed by atoms with Crippen LogP contribution < -0.4 is 0 Å². The minimum atomic E-state index is -0.415. The van der Waals surface area contributed by atoms with Crippen molar-refractivity contribution >= 4 is 25.3 Å². The third-order valence-corrected chi connectivity index (χ3v) is 6.99. The smallest absolute Gasteiger partial charge is 0.0648 e. The fourth-order valence-electron chi connectivity index (χ4n) is 3.14. The largest absolute Gasteiger partial charge is 0.396 e. The average molecular weight is 541 g/mol. The minimum absolute atomic E-state index is 0.0968. The van der Waals surface area contributed by atoms with Crippen molar-refractivity contribution in [1.29, 1.82) is 0 Å². The predicted octanol–water partition coefficient (Wildman–Crippen LogP) is 5.60. The van der Waals surface area contributed by atoms with Gasteiger partial charge in [-0.1, -0.05) is 6.92 Å². The monoisotopic (exact) mass is 540 g/mol. The van der Waals surface area contributed by atoms with Gasteiger partial charge in [0, 0.05) is 38.4 Å².